The van der Waals surface area contributed by atoms with Gasteiger partial charge in [-0.3, -0.25) is 0 Å². The van der Waals surface area contributed by atoms with Crippen LogP contribution in [0.2, 0.25) is 10.0 Å². The van der Waals surface area contributed by atoms with Gasteiger partial charge < -0.3 is 9.73 Å². The van der Waals surface area contributed by atoms with Crippen molar-refractivity contribution in [2.24, 2.45) is 0 Å². The minimum absolute atomic E-state index is 0.0809. The second kappa shape index (κ2) is 6.47. The Morgan fingerprint density at radius 1 is 1.21 bits per heavy atom. The van der Waals surface area contributed by atoms with Gasteiger partial charge in [0.2, 0.25) is 0 Å². The quantitative estimate of drug-likeness (QED) is 0.858. The fraction of sp³-hybridized carbons (Fsp3) is 0.333. The normalized spacial score (nSPS) is 12.6. The van der Waals surface area contributed by atoms with Crippen LogP contribution in [-0.2, 0) is 6.42 Å². The lowest BCUT2D eigenvalue weighted by Crippen LogP contribution is -2.23. The minimum atomic E-state index is 0.0809. The van der Waals surface area contributed by atoms with Gasteiger partial charge in [0.25, 0.3) is 0 Å². The first kappa shape index (κ1) is 14.4. The van der Waals surface area contributed by atoms with Gasteiger partial charge in [0.1, 0.15) is 5.76 Å². The molecule has 0 aliphatic heterocycles. The number of hydrogen-bond acceptors (Lipinski definition) is 2. The van der Waals surface area contributed by atoms with Crippen molar-refractivity contribution in [3.05, 3.63) is 57.5 Å². The zero-order valence-electron chi connectivity index (χ0n) is 11.0. The van der Waals surface area contributed by atoms with Crippen LogP contribution in [0.5, 0.6) is 0 Å². The zero-order chi connectivity index (χ0) is 13.8. The van der Waals surface area contributed by atoms with E-state index in [0.29, 0.717) is 16.5 Å². The first-order valence-electron chi connectivity index (χ1n) is 6.33. The molecule has 1 aromatic carbocycles. The average molecular weight is 298 g/mol. The van der Waals surface area contributed by atoms with E-state index >= 15 is 0 Å². The first-order valence-corrected chi connectivity index (χ1v) is 7.09. The highest BCUT2D eigenvalue weighted by Gasteiger charge is 2.19. The van der Waals surface area contributed by atoms with E-state index in [0.717, 1.165) is 23.4 Å². The number of nitrogens with one attached hydrogen (secondary N) is 1. The van der Waals surface area contributed by atoms with Crippen LogP contribution in [0.25, 0.3) is 0 Å². The van der Waals surface area contributed by atoms with Crippen LogP contribution in [0.15, 0.2) is 34.9 Å². The summed E-state index contributed by atoms with van der Waals surface area (Å²) in [4.78, 5) is 0. The summed E-state index contributed by atoms with van der Waals surface area (Å²) in [6, 6.07) is 7.63. The van der Waals surface area contributed by atoms with E-state index in [9.17, 15) is 0 Å². The molecule has 4 heteroatoms. The van der Waals surface area contributed by atoms with Crippen molar-refractivity contribution >= 4 is 23.2 Å². The van der Waals surface area contributed by atoms with Crippen LogP contribution < -0.4 is 5.32 Å². The molecule has 1 atom stereocenters. The molecule has 102 valence electrons. The molecule has 0 aliphatic rings. The molecule has 0 bridgehead atoms. The van der Waals surface area contributed by atoms with Crippen LogP contribution in [0.4, 0.5) is 0 Å². The molecule has 1 aromatic heterocycles. The number of hydrogen-bond donors (Lipinski definition) is 1. The van der Waals surface area contributed by atoms with E-state index in [1.54, 1.807) is 6.26 Å². The van der Waals surface area contributed by atoms with Gasteiger partial charge >= 0.3 is 0 Å². The number of aryl methyl sites for hydroxylation is 1. The van der Waals surface area contributed by atoms with Crippen LogP contribution in [-0.4, -0.2) is 6.54 Å². The van der Waals surface area contributed by atoms with Crippen LogP contribution >= 0.6 is 23.2 Å². The summed E-state index contributed by atoms with van der Waals surface area (Å²) in [7, 11) is 0. The molecule has 2 rings (SSSR count). The second-order valence-electron chi connectivity index (χ2n) is 4.48. The Hall–Kier alpha value is -0.960. The van der Waals surface area contributed by atoms with Gasteiger partial charge in [0, 0.05) is 10.0 Å². The highest BCUT2D eigenvalue weighted by atomic mass is 35.5. The van der Waals surface area contributed by atoms with Crippen molar-refractivity contribution in [1.82, 2.24) is 5.32 Å². The molecule has 2 aromatic rings. The van der Waals surface area contributed by atoms with E-state index in [1.165, 1.54) is 0 Å². The predicted octanol–water partition coefficient (Wildman–Crippen LogP) is 4.79. The topological polar surface area (TPSA) is 25.2 Å². The molecular weight excluding hydrogens is 281 g/mol. The van der Waals surface area contributed by atoms with Crippen LogP contribution in [0.1, 0.15) is 29.9 Å². The fourth-order valence-electron chi connectivity index (χ4n) is 2.18. The van der Waals surface area contributed by atoms with Crippen molar-refractivity contribution in [2.45, 2.75) is 26.3 Å². The lowest BCUT2D eigenvalue weighted by atomic mass is 10.0. The predicted molar refractivity (Wildman–Crippen MR) is 80.0 cm³/mol. The molecule has 1 N–H and O–H groups in total. The molecular formula is C15H17Cl2NO. The molecule has 0 aliphatic carbocycles. The van der Waals surface area contributed by atoms with Crippen molar-refractivity contribution < 1.29 is 4.42 Å². The Morgan fingerprint density at radius 2 is 1.89 bits per heavy atom. The summed E-state index contributed by atoms with van der Waals surface area (Å²) in [5, 5.41) is 4.81. The summed E-state index contributed by atoms with van der Waals surface area (Å²) in [5.74, 6) is 0.942. The molecule has 0 saturated heterocycles. The molecule has 19 heavy (non-hydrogen) atoms. The Balaban J connectivity index is 2.29. The Bertz CT molecular complexity index is 531. The number of furan rings is 1. The summed E-state index contributed by atoms with van der Waals surface area (Å²) in [6.07, 6.45) is 2.42. The Morgan fingerprint density at radius 3 is 2.42 bits per heavy atom. The summed E-state index contributed by atoms with van der Waals surface area (Å²) in [6.45, 7) is 4.96. The maximum Gasteiger partial charge on any atom is 0.123 e. The maximum atomic E-state index is 6.23. The lowest BCUT2D eigenvalue weighted by molar-refractivity contribution is 0.414. The first-order chi connectivity index (χ1) is 9.13. The summed E-state index contributed by atoms with van der Waals surface area (Å²) in [5.41, 5.74) is 2.08. The summed E-state index contributed by atoms with van der Waals surface area (Å²) < 4.78 is 5.58. The van der Waals surface area contributed by atoms with E-state index in [-0.39, 0.29) is 6.04 Å². The zero-order valence-corrected chi connectivity index (χ0v) is 12.6. The van der Waals surface area contributed by atoms with Crippen molar-refractivity contribution in [1.29, 1.82) is 0 Å². The standard InChI is InChI=1S/C15H17Cl2NO/c1-3-18-14(15-10(2)7-8-19-15)9-11-12(16)5-4-6-13(11)17/h4-8,14,18H,3,9H2,1-2H3. The monoisotopic (exact) mass is 297 g/mol. The highest BCUT2D eigenvalue weighted by molar-refractivity contribution is 6.36. The molecule has 0 spiro atoms. The van der Waals surface area contributed by atoms with Gasteiger partial charge in [-0.05, 0) is 49.2 Å². The van der Waals surface area contributed by atoms with Crippen LogP contribution in [0.3, 0.4) is 0 Å². The van der Waals surface area contributed by atoms with E-state index in [4.69, 9.17) is 27.6 Å². The van der Waals surface area contributed by atoms with E-state index < -0.39 is 0 Å². The van der Waals surface area contributed by atoms with Gasteiger partial charge in [-0.1, -0.05) is 36.2 Å². The molecule has 1 unspecified atom stereocenters. The van der Waals surface area contributed by atoms with Crippen LogP contribution in [0, 0.1) is 6.92 Å². The number of halogens is 2. The molecule has 0 saturated carbocycles. The van der Waals surface area contributed by atoms with Gasteiger partial charge in [0.05, 0.1) is 12.3 Å². The van der Waals surface area contributed by atoms with Crippen molar-refractivity contribution in [3.8, 4) is 0 Å². The van der Waals surface area contributed by atoms with Crippen molar-refractivity contribution in [3.63, 3.8) is 0 Å². The smallest absolute Gasteiger partial charge is 0.123 e. The third kappa shape index (κ3) is 3.33. The third-order valence-corrected chi connectivity index (χ3v) is 3.85. The molecule has 0 radical (unpaired) electrons. The number of rotatable bonds is 5. The minimum Gasteiger partial charge on any atom is -0.467 e. The molecule has 1 heterocycles. The largest absolute Gasteiger partial charge is 0.467 e. The van der Waals surface area contributed by atoms with Gasteiger partial charge in [-0.15, -0.1) is 0 Å². The Kier molecular flexibility index (Phi) is 4.92. The lowest BCUT2D eigenvalue weighted by Gasteiger charge is -2.18. The summed E-state index contributed by atoms with van der Waals surface area (Å²) >= 11 is 12.5. The van der Waals surface area contributed by atoms with Crippen molar-refractivity contribution in [2.75, 3.05) is 6.54 Å². The van der Waals surface area contributed by atoms with Gasteiger partial charge in [0.15, 0.2) is 0 Å². The second-order valence-corrected chi connectivity index (χ2v) is 5.30. The highest BCUT2D eigenvalue weighted by Crippen LogP contribution is 2.30. The van der Waals surface area contributed by atoms with E-state index in [1.807, 2.05) is 31.2 Å². The molecule has 0 fully saturated rings. The van der Waals surface area contributed by atoms with Gasteiger partial charge in [-0.2, -0.15) is 0 Å². The average Bonchev–Trinajstić information content (AvgIpc) is 2.79. The van der Waals surface area contributed by atoms with Gasteiger partial charge in [-0.25, -0.2) is 0 Å². The molecule has 0 amide bonds. The van der Waals surface area contributed by atoms with E-state index in [2.05, 4.69) is 12.2 Å². The molecule has 2 nitrogen and oxygen atoms in total. The maximum absolute atomic E-state index is 6.23. The number of likely N-dealkylation sites (N-methyl/N-ethyl adjacent to an activating group) is 1. The SMILES string of the molecule is CCNC(Cc1c(Cl)cccc1Cl)c1occc1C. The Labute approximate surface area is 123 Å². The fourth-order valence-corrected chi connectivity index (χ4v) is 2.73. The number of benzene rings is 1. The third-order valence-electron chi connectivity index (χ3n) is 3.14.